The van der Waals surface area contributed by atoms with Gasteiger partial charge in [0.25, 0.3) is 11.6 Å². The minimum Gasteiger partial charge on any atom is -0.278 e. The van der Waals surface area contributed by atoms with Gasteiger partial charge in [-0.1, -0.05) is 23.2 Å². The summed E-state index contributed by atoms with van der Waals surface area (Å²) < 4.78 is 0. The molecule has 100 valence electrons. The van der Waals surface area contributed by atoms with Crippen molar-refractivity contribution in [2.24, 2.45) is 0 Å². The van der Waals surface area contributed by atoms with Gasteiger partial charge in [0.2, 0.25) is 5.91 Å². The molecule has 0 aliphatic carbocycles. The fourth-order valence-corrected chi connectivity index (χ4v) is 2.24. The topological polar surface area (TPSA) is 80.5 Å². The van der Waals surface area contributed by atoms with E-state index in [0.717, 1.165) is 11.0 Å². The molecular formula is C11H8Cl2N2O4. The number of imide groups is 1. The number of amides is 2. The number of hydrogen-bond donors (Lipinski definition) is 0. The van der Waals surface area contributed by atoms with Crippen LogP contribution in [-0.2, 0) is 4.79 Å². The number of nitrogens with zero attached hydrogens (tertiary/aromatic N) is 2. The molecule has 1 aromatic carbocycles. The Bertz CT molecular complexity index is 588. The Morgan fingerprint density at radius 1 is 1.37 bits per heavy atom. The van der Waals surface area contributed by atoms with Crippen molar-refractivity contribution in [1.29, 1.82) is 0 Å². The molecule has 0 unspecified atom stereocenters. The van der Waals surface area contributed by atoms with Crippen LogP contribution < -0.4 is 0 Å². The molecule has 0 aromatic heterocycles. The molecule has 19 heavy (non-hydrogen) atoms. The Morgan fingerprint density at radius 3 is 2.58 bits per heavy atom. The third kappa shape index (κ3) is 2.54. The highest BCUT2D eigenvalue weighted by Crippen LogP contribution is 2.33. The maximum Gasteiger partial charge on any atom is 0.290 e. The lowest BCUT2D eigenvalue weighted by atomic mass is 10.1. The smallest absolute Gasteiger partial charge is 0.278 e. The highest BCUT2D eigenvalue weighted by Gasteiger charge is 2.29. The van der Waals surface area contributed by atoms with E-state index in [1.165, 1.54) is 6.07 Å². The van der Waals surface area contributed by atoms with E-state index in [1.54, 1.807) is 0 Å². The van der Waals surface area contributed by atoms with Gasteiger partial charge < -0.3 is 0 Å². The van der Waals surface area contributed by atoms with E-state index < -0.39 is 16.5 Å². The molecular weight excluding hydrogens is 295 g/mol. The number of halogens is 2. The quantitative estimate of drug-likeness (QED) is 0.478. The normalized spacial score (nSPS) is 14.8. The molecule has 1 heterocycles. The first-order valence-corrected chi connectivity index (χ1v) is 6.15. The molecule has 0 bridgehead atoms. The Balaban J connectivity index is 2.43. The number of carbonyl (C=O) groups excluding carboxylic acids is 2. The summed E-state index contributed by atoms with van der Waals surface area (Å²) in [5.74, 6) is -0.886. The number of likely N-dealkylation sites (tertiary alicyclic amines) is 1. The van der Waals surface area contributed by atoms with Gasteiger partial charge in [-0.2, -0.15) is 0 Å². The molecule has 2 rings (SSSR count). The molecule has 0 saturated carbocycles. The van der Waals surface area contributed by atoms with E-state index in [9.17, 15) is 19.7 Å². The summed E-state index contributed by atoms with van der Waals surface area (Å²) in [7, 11) is 0. The molecule has 0 spiro atoms. The SMILES string of the molecule is O=C1CCCN1C(=O)c1cc(Cl)c(Cl)c([N+](=O)[O-])c1. The predicted molar refractivity (Wildman–Crippen MR) is 68.4 cm³/mol. The Hall–Kier alpha value is -1.66. The number of carbonyl (C=O) groups is 2. The van der Waals surface area contributed by atoms with Crippen LogP contribution in [0.4, 0.5) is 5.69 Å². The second-order valence-corrected chi connectivity index (χ2v) is 4.79. The monoisotopic (exact) mass is 302 g/mol. The van der Waals surface area contributed by atoms with Crippen molar-refractivity contribution in [2.75, 3.05) is 6.54 Å². The summed E-state index contributed by atoms with van der Waals surface area (Å²) in [5.41, 5.74) is -0.472. The second kappa shape index (κ2) is 5.14. The van der Waals surface area contributed by atoms with Crippen molar-refractivity contribution < 1.29 is 14.5 Å². The van der Waals surface area contributed by atoms with Gasteiger partial charge in [0.1, 0.15) is 5.02 Å². The van der Waals surface area contributed by atoms with Crippen molar-refractivity contribution in [2.45, 2.75) is 12.8 Å². The van der Waals surface area contributed by atoms with E-state index in [0.29, 0.717) is 19.4 Å². The second-order valence-electron chi connectivity index (χ2n) is 4.00. The first-order chi connectivity index (χ1) is 8.91. The average Bonchev–Trinajstić information content (AvgIpc) is 2.77. The van der Waals surface area contributed by atoms with Gasteiger partial charge in [-0.3, -0.25) is 24.6 Å². The van der Waals surface area contributed by atoms with Gasteiger partial charge in [-0.15, -0.1) is 0 Å². The van der Waals surface area contributed by atoms with Gasteiger partial charge in [0.05, 0.1) is 9.95 Å². The van der Waals surface area contributed by atoms with Crippen LogP contribution >= 0.6 is 23.2 Å². The van der Waals surface area contributed by atoms with E-state index in [-0.39, 0.29) is 21.5 Å². The Morgan fingerprint density at radius 2 is 2.05 bits per heavy atom. The fourth-order valence-electron chi connectivity index (χ4n) is 1.85. The Kier molecular flexibility index (Phi) is 3.73. The maximum absolute atomic E-state index is 12.1. The molecule has 1 aromatic rings. The van der Waals surface area contributed by atoms with E-state index >= 15 is 0 Å². The first kappa shape index (κ1) is 13.8. The van der Waals surface area contributed by atoms with Crippen molar-refractivity contribution in [1.82, 2.24) is 4.90 Å². The molecule has 6 nitrogen and oxygen atoms in total. The van der Waals surface area contributed by atoms with Crippen LogP contribution in [-0.4, -0.2) is 28.2 Å². The first-order valence-electron chi connectivity index (χ1n) is 5.40. The van der Waals surface area contributed by atoms with Crippen LogP contribution in [0.2, 0.25) is 10.0 Å². The summed E-state index contributed by atoms with van der Waals surface area (Å²) in [6.07, 6.45) is 0.892. The summed E-state index contributed by atoms with van der Waals surface area (Å²) in [5, 5.41) is 10.5. The van der Waals surface area contributed by atoms with Crippen molar-refractivity contribution >= 4 is 40.7 Å². The fraction of sp³-hybridized carbons (Fsp3) is 0.273. The highest BCUT2D eigenvalue weighted by atomic mass is 35.5. The van der Waals surface area contributed by atoms with Crippen LogP contribution in [0, 0.1) is 10.1 Å². The lowest BCUT2D eigenvalue weighted by Crippen LogP contribution is -2.31. The summed E-state index contributed by atoms with van der Waals surface area (Å²) in [6.45, 7) is 0.311. The van der Waals surface area contributed by atoms with Crippen molar-refractivity contribution in [3.63, 3.8) is 0 Å². The number of nitro groups is 1. The van der Waals surface area contributed by atoms with Crippen LogP contribution in [0.25, 0.3) is 0 Å². The summed E-state index contributed by atoms with van der Waals surface area (Å²) >= 11 is 11.4. The molecule has 0 atom stereocenters. The largest absolute Gasteiger partial charge is 0.290 e. The maximum atomic E-state index is 12.1. The zero-order valence-electron chi connectivity index (χ0n) is 9.56. The zero-order valence-corrected chi connectivity index (χ0v) is 11.1. The van der Waals surface area contributed by atoms with Gasteiger partial charge in [0.15, 0.2) is 0 Å². The lowest BCUT2D eigenvalue weighted by molar-refractivity contribution is -0.384. The third-order valence-corrected chi connectivity index (χ3v) is 3.56. The standard InChI is InChI=1S/C11H8Cl2N2O4/c12-7-4-6(5-8(10(7)13)15(18)19)11(17)14-3-1-2-9(14)16/h4-5H,1-3H2. The van der Waals surface area contributed by atoms with Gasteiger partial charge >= 0.3 is 0 Å². The number of benzene rings is 1. The van der Waals surface area contributed by atoms with Gasteiger partial charge in [0, 0.05) is 24.6 Å². The predicted octanol–water partition coefficient (Wildman–Crippen LogP) is 2.66. The third-order valence-electron chi connectivity index (χ3n) is 2.77. The molecule has 1 saturated heterocycles. The minimum absolute atomic E-state index is 0.0173. The number of rotatable bonds is 2. The van der Waals surface area contributed by atoms with Gasteiger partial charge in [-0.05, 0) is 12.5 Å². The Labute approximate surface area is 118 Å². The molecule has 1 aliphatic heterocycles. The molecule has 1 aliphatic rings. The van der Waals surface area contributed by atoms with Crippen LogP contribution in [0.1, 0.15) is 23.2 Å². The number of nitro benzene ring substituents is 1. The van der Waals surface area contributed by atoms with Crippen LogP contribution in [0.15, 0.2) is 12.1 Å². The van der Waals surface area contributed by atoms with Crippen LogP contribution in [0.3, 0.4) is 0 Å². The lowest BCUT2D eigenvalue weighted by Gasteiger charge is -2.13. The molecule has 1 fully saturated rings. The zero-order chi connectivity index (χ0) is 14.2. The molecule has 0 radical (unpaired) electrons. The van der Waals surface area contributed by atoms with Gasteiger partial charge in [-0.25, -0.2) is 0 Å². The molecule has 8 heteroatoms. The van der Waals surface area contributed by atoms with E-state index in [2.05, 4.69) is 0 Å². The summed E-state index contributed by atoms with van der Waals surface area (Å²) in [4.78, 5) is 34.7. The van der Waals surface area contributed by atoms with Crippen molar-refractivity contribution in [3.8, 4) is 0 Å². The van der Waals surface area contributed by atoms with Crippen molar-refractivity contribution in [3.05, 3.63) is 37.9 Å². The number of hydrogen-bond acceptors (Lipinski definition) is 4. The highest BCUT2D eigenvalue weighted by molar-refractivity contribution is 6.43. The summed E-state index contributed by atoms with van der Waals surface area (Å²) in [6, 6.07) is 2.26. The average molecular weight is 303 g/mol. The minimum atomic E-state index is -0.725. The van der Waals surface area contributed by atoms with E-state index in [1.807, 2.05) is 0 Å². The van der Waals surface area contributed by atoms with Crippen LogP contribution in [0.5, 0.6) is 0 Å². The molecule has 0 N–H and O–H groups in total. The van der Waals surface area contributed by atoms with E-state index in [4.69, 9.17) is 23.2 Å². The molecule has 2 amide bonds.